The molecule has 2 fully saturated rings. The van der Waals surface area contributed by atoms with Gasteiger partial charge in [0.25, 0.3) is 5.91 Å². The highest BCUT2D eigenvalue weighted by molar-refractivity contribution is 7.89. The summed E-state index contributed by atoms with van der Waals surface area (Å²) in [4.78, 5) is 34.6. The third-order valence-electron chi connectivity index (χ3n) is 9.06. The van der Waals surface area contributed by atoms with Crippen LogP contribution in [0, 0.1) is 19.3 Å². The minimum atomic E-state index is -4.20. The van der Waals surface area contributed by atoms with Gasteiger partial charge in [-0.15, -0.1) is 24.8 Å². The van der Waals surface area contributed by atoms with E-state index < -0.39 is 16.1 Å². The number of amidine groups is 1. The first-order valence-electron chi connectivity index (χ1n) is 15.9. The van der Waals surface area contributed by atoms with Crippen LogP contribution in [0.1, 0.15) is 45.6 Å². The van der Waals surface area contributed by atoms with Crippen molar-refractivity contribution in [1.29, 1.82) is 5.41 Å². The zero-order chi connectivity index (χ0) is 35.0. The number of sulfonamides is 1. The molecule has 4 aromatic rings. The molecule has 2 aliphatic rings. The van der Waals surface area contributed by atoms with Crippen LogP contribution in [0.5, 0.6) is 5.75 Å². The number of amides is 2. The normalized spacial score (nSPS) is 16.4. The van der Waals surface area contributed by atoms with Crippen LogP contribution in [-0.2, 0) is 21.4 Å². The molecule has 1 atom stereocenters. The number of para-hydroxylation sites is 1. The standard InChI is InChI=1S/C35H36Cl2N6O5S.2ClH/c1-21-19-22(2)40-32-25(21)5-3-7-29(32)48-20-26-27(36)12-13-30(31(26)37)49(46,47)43-14-4-6-28(43)35(45)42-17-15-41(16-18-42)34(44)24-10-8-23(9-11-24)33(38)39;;/h3,5,7-13,19,28H,4,6,14-18,20H2,1-2H3,(H3,38,39);2*1H. The van der Waals surface area contributed by atoms with Crippen LogP contribution in [0.4, 0.5) is 0 Å². The highest BCUT2D eigenvalue weighted by atomic mass is 35.5. The van der Waals surface area contributed by atoms with Gasteiger partial charge in [0.2, 0.25) is 15.9 Å². The SMILES string of the molecule is Cc1cc(C)c2cccc(OCc3c(Cl)ccc(S(=O)(=O)N4CCCC4C(=O)N4CCN(C(=O)c5ccc(C(=N)N)cc5)CC4)c3Cl)c2n1.Cl.Cl. The number of halogens is 4. The fraction of sp³-hybridized carbons (Fsp3) is 0.314. The van der Waals surface area contributed by atoms with Gasteiger partial charge in [-0.25, -0.2) is 13.4 Å². The largest absolute Gasteiger partial charge is 0.487 e. The first-order valence-corrected chi connectivity index (χ1v) is 18.1. The van der Waals surface area contributed by atoms with Crippen molar-refractivity contribution in [2.24, 2.45) is 5.73 Å². The fourth-order valence-corrected chi connectivity index (χ4v) is 8.96. The lowest BCUT2D eigenvalue weighted by molar-refractivity contribution is -0.136. The molecule has 16 heteroatoms. The average molecular weight is 797 g/mol. The van der Waals surface area contributed by atoms with Gasteiger partial charge in [0.05, 0.1) is 5.02 Å². The highest BCUT2D eigenvalue weighted by Gasteiger charge is 2.43. The van der Waals surface area contributed by atoms with Gasteiger partial charge in [-0.3, -0.25) is 15.0 Å². The Morgan fingerprint density at radius 3 is 2.25 bits per heavy atom. The Bertz CT molecular complexity index is 2080. The second-order valence-electron chi connectivity index (χ2n) is 12.2. The van der Waals surface area contributed by atoms with E-state index >= 15 is 0 Å². The number of rotatable bonds is 8. The Hall–Kier alpha value is -3.65. The van der Waals surface area contributed by atoms with Gasteiger partial charge in [-0.1, -0.05) is 47.5 Å². The third-order valence-corrected chi connectivity index (χ3v) is 11.9. The topological polar surface area (TPSA) is 150 Å². The van der Waals surface area contributed by atoms with E-state index in [0.717, 1.165) is 16.6 Å². The molecule has 1 aromatic heterocycles. The zero-order valence-electron chi connectivity index (χ0n) is 27.9. The van der Waals surface area contributed by atoms with E-state index in [0.29, 0.717) is 53.9 Å². The quantitative estimate of drug-likeness (QED) is 0.164. The fourth-order valence-electron chi connectivity index (χ4n) is 6.45. The molecule has 3 aromatic carbocycles. The molecular formula is C35H38Cl4N6O5S. The van der Waals surface area contributed by atoms with Gasteiger partial charge >= 0.3 is 0 Å². The Labute approximate surface area is 319 Å². The number of pyridine rings is 1. The second kappa shape index (κ2) is 16.4. The number of nitrogens with zero attached hydrogens (tertiary/aromatic N) is 4. The molecule has 2 saturated heterocycles. The summed E-state index contributed by atoms with van der Waals surface area (Å²) >= 11 is 13.3. The number of nitrogens with two attached hydrogens (primary N) is 1. The van der Waals surface area contributed by atoms with Crippen LogP contribution >= 0.6 is 48.0 Å². The van der Waals surface area contributed by atoms with Crippen LogP contribution < -0.4 is 10.5 Å². The number of carbonyl (C=O) groups is 2. The number of aromatic nitrogens is 1. The summed E-state index contributed by atoms with van der Waals surface area (Å²) in [5, 5.41) is 8.67. The molecule has 0 saturated carbocycles. The van der Waals surface area contributed by atoms with Crippen LogP contribution in [0.3, 0.4) is 0 Å². The Morgan fingerprint density at radius 2 is 1.59 bits per heavy atom. The van der Waals surface area contributed by atoms with Crippen molar-refractivity contribution in [2.75, 3.05) is 32.7 Å². The maximum atomic E-state index is 14.1. The zero-order valence-corrected chi connectivity index (χ0v) is 31.9. The molecular weight excluding hydrogens is 758 g/mol. The van der Waals surface area contributed by atoms with Crippen LogP contribution in [0.15, 0.2) is 65.6 Å². The van der Waals surface area contributed by atoms with Crippen LogP contribution in [0.25, 0.3) is 10.9 Å². The van der Waals surface area contributed by atoms with E-state index in [4.69, 9.17) is 39.1 Å². The molecule has 2 aliphatic heterocycles. The maximum Gasteiger partial charge on any atom is 0.253 e. The number of ether oxygens (including phenoxy) is 1. The predicted octanol–water partition coefficient (Wildman–Crippen LogP) is 6.00. The van der Waals surface area contributed by atoms with E-state index in [1.807, 2.05) is 32.0 Å². The Morgan fingerprint density at radius 1 is 0.941 bits per heavy atom. The summed E-state index contributed by atoms with van der Waals surface area (Å²) in [6.45, 7) is 5.12. The number of hydrogen-bond donors (Lipinski definition) is 2. The van der Waals surface area contributed by atoms with Gasteiger partial charge < -0.3 is 20.3 Å². The molecule has 0 aliphatic carbocycles. The number of hydrogen-bond acceptors (Lipinski definition) is 7. The predicted molar refractivity (Wildman–Crippen MR) is 203 cm³/mol. The lowest BCUT2D eigenvalue weighted by atomic mass is 10.1. The minimum Gasteiger partial charge on any atom is -0.487 e. The summed E-state index contributed by atoms with van der Waals surface area (Å²) in [7, 11) is -4.20. The number of aryl methyl sites for hydroxylation is 2. The van der Waals surface area contributed by atoms with E-state index in [9.17, 15) is 18.0 Å². The van der Waals surface area contributed by atoms with E-state index in [1.54, 1.807) is 40.1 Å². The first kappa shape index (κ1) is 40.1. The molecule has 272 valence electrons. The van der Waals surface area contributed by atoms with Gasteiger partial charge in [0.1, 0.15) is 34.6 Å². The van der Waals surface area contributed by atoms with Crippen molar-refractivity contribution < 1.29 is 22.7 Å². The number of carbonyl (C=O) groups excluding carboxylic acids is 2. The smallest absolute Gasteiger partial charge is 0.253 e. The summed E-state index contributed by atoms with van der Waals surface area (Å²) in [5.41, 5.74) is 9.39. The van der Waals surface area contributed by atoms with Crippen LogP contribution in [-0.4, -0.2) is 83.9 Å². The molecule has 1 unspecified atom stereocenters. The van der Waals surface area contributed by atoms with E-state index in [-0.39, 0.29) is 83.6 Å². The summed E-state index contributed by atoms with van der Waals surface area (Å²) in [6.07, 6.45) is 0.881. The molecule has 51 heavy (non-hydrogen) atoms. The van der Waals surface area contributed by atoms with Gasteiger partial charge in [0.15, 0.2) is 0 Å². The number of piperazine rings is 1. The van der Waals surface area contributed by atoms with Crippen molar-refractivity contribution in [3.63, 3.8) is 0 Å². The van der Waals surface area contributed by atoms with Gasteiger partial charge in [-0.05, 0) is 68.7 Å². The van der Waals surface area contributed by atoms with Crippen molar-refractivity contribution in [1.82, 2.24) is 19.1 Å². The third kappa shape index (κ3) is 8.06. The van der Waals surface area contributed by atoms with Crippen molar-refractivity contribution >= 4 is 86.6 Å². The average Bonchev–Trinajstić information content (AvgIpc) is 3.59. The Balaban J connectivity index is 0.00000292. The summed E-state index contributed by atoms with van der Waals surface area (Å²) in [6, 6.07) is 16.0. The number of nitrogen functional groups attached to an aromatic ring is 1. The van der Waals surface area contributed by atoms with E-state index in [2.05, 4.69) is 4.98 Å². The first-order chi connectivity index (χ1) is 23.4. The molecule has 0 bridgehead atoms. The molecule has 3 N–H and O–H groups in total. The summed E-state index contributed by atoms with van der Waals surface area (Å²) in [5.74, 6) is -0.0581. The minimum absolute atomic E-state index is 0. The summed E-state index contributed by atoms with van der Waals surface area (Å²) < 4.78 is 35.6. The molecule has 0 spiro atoms. The van der Waals surface area contributed by atoms with E-state index in [1.165, 1.54) is 16.4 Å². The Kier molecular flexibility index (Phi) is 12.9. The monoisotopic (exact) mass is 794 g/mol. The maximum absolute atomic E-state index is 14.1. The lowest BCUT2D eigenvalue weighted by Gasteiger charge is -2.37. The molecule has 11 nitrogen and oxygen atoms in total. The number of benzene rings is 3. The molecule has 0 radical (unpaired) electrons. The highest BCUT2D eigenvalue weighted by Crippen LogP contribution is 2.37. The number of fused-ring (bicyclic) bond motifs is 1. The molecule has 2 amide bonds. The lowest BCUT2D eigenvalue weighted by Crippen LogP contribution is -2.55. The van der Waals surface area contributed by atoms with Crippen LogP contribution in [0.2, 0.25) is 10.0 Å². The molecule has 6 rings (SSSR count). The van der Waals surface area contributed by atoms with Gasteiger partial charge in [0, 0.05) is 65.5 Å². The van der Waals surface area contributed by atoms with Gasteiger partial charge in [-0.2, -0.15) is 4.31 Å². The van der Waals surface area contributed by atoms with Crippen molar-refractivity contribution in [2.45, 2.75) is 44.2 Å². The molecule has 3 heterocycles. The van der Waals surface area contributed by atoms with Crippen molar-refractivity contribution in [3.8, 4) is 5.75 Å². The number of nitrogens with one attached hydrogen (secondary N) is 1. The second-order valence-corrected chi connectivity index (χ2v) is 14.9. The van der Waals surface area contributed by atoms with Crippen molar-refractivity contribution in [3.05, 3.63) is 98.7 Å².